The highest BCUT2D eigenvalue weighted by Gasteiger charge is 2.22. The number of piperidine rings is 1. The Morgan fingerprint density at radius 1 is 1.39 bits per heavy atom. The largest absolute Gasteiger partial charge is 0.359 e. The maximum atomic E-state index is 10.8. The molecule has 1 N–H and O–H groups in total. The summed E-state index contributed by atoms with van der Waals surface area (Å²) < 4.78 is 0. The zero-order chi connectivity index (χ0) is 16.4. The predicted molar refractivity (Wildman–Crippen MR) is 91.3 cm³/mol. The Balaban J connectivity index is 1.61. The summed E-state index contributed by atoms with van der Waals surface area (Å²) in [6, 6.07) is 2.00. The molecule has 0 atom stereocenters. The first-order chi connectivity index (χ1) is 11.0. The van der Waals surface area contributed by atoms with E-state index in [4.69, 9.17) is 0 Å². The number of aromatic nitrogens is 2. The second-order valence-electron chi connectivity index (χ2n) is 5.79. The number of hydrogen-bond donors (Lipinski definition) is 1. The summed E-state index contributed by atoms with van der Waals surface area (Å²) in [4.78, 5) is 21.3. The number of nitrogens with one attached hydrogen (secondary N) is 1. The molecule has 0 aliphatic carbocycles. The summed E-state index contributed by atoms with van der Waals surface area (Å²) in [6.45, 7) is 5.63. The molecule has 0 spiro atoms. The molecule has 1 aliphatic rings. The lowest BCUT2D eigenvalue weighted by atomic mass is 10.0. The van der Waals surface area contributed by atoms with Crippen LogP contribution in [0, 0.1) is 24.0 Å². The number of thiazole rings is 1. The van der Waals surface area contributed by atoms with Gasteiger partial charge in [-0.15, -0.1) is 11.3 Å². The highest BCUT2D eigenvalue weighted by molar-refractivity contribution is 7.13. The Kier molecular flexibility index (Phi) is 4.42. The lowest BCUT2D eigenvalue weighted by Crippen LogP contribution is -2.39. The smallest absolute Gasteiger partial charge is 0.287 e. The van der Waals surface area contributed by atoms with Crippen molar-refractivity contribution in [3.05, 3.63) is 39.0 Å². The summed E-state index contributed by atoms with van der Waals surface area (Å²) >= 11 is 1.64. The molecule has 1 aliphatic heterocycles. The molecule has 0 aromatic carbocycles. The van der Waals surface area contributed by atoms with Gasteiger partial charge in [-0.1, -0.05) is 0 Å². The first-order valence-corrected chi connectivity index (χ1v) is 8.45. The number of nitro groups is 1. The van der Waals surface area contributed by atoms with Crippen molar-refractivity contribution in [3.63, 3.8) is 0 Å². The molecule has 0 unspecified atom stereocenters. The van der Waals surface area contributed by atoms with Gasteiger partial charge in [-0.05, 0) is 32.3 Å². The summed E-state index contributed by atoms with van der Waals surface area (Å²) in [5.41, 5.74) is 1.93. The Bertz CT molecular complexity index is 710. The maximum Gasteiger partial charge on any atom is 0.287 e. The lowest BCUT2D eigenvalue weighted by Gasteiger charge is -2.33. The van der Waals surface area contributed by atoms with E-state index in [1.54, 1.807) is 17.4 Å². The maximum absolute atomic E-state index is 10.8. The van der Waals surface area contributed by atoms with Crippen LogP contribution in [-0.4, -0.2) is 34.0 Å². The third kappa shape index (κ3) is 3.58. The van der Waals surface area contributed by atoms with Gasteiger partial charge in [0, 0.05) is 30.6 Å². The van der Waals surface area contributed by atoms with Crippen LogP contribution in [0.4, 0.5) is 16.6 Å². The van der Waals surface area contributed by atoms with E-state index in [9.17, 15) is 10.1 Å². The fourth-order valence-corrected chi connectivity index (χ4v) is 3.58. The Morgan fingerprint density at radius 3 is 2.70 bits per heavy atom. The van der Waals surface area contributed by atoms with Crippen molar-refractivity contribution in [2.75, 3.05) is 23.3 Å². The van der Waals surface area contributed by atoms with E-state index in [1.165, 1.54) is 6.20 Å². The average Bonchev–Trinajstić information content (AvgIpc) is 2.93. The summed E-state index contributed by atoms with van der Waals surface area (Å²) in [6.07, 6.45) is 3.33. The molecule has 1 fully saturated rings. The van der Waals surface area contributed by atoms with Gasteiger partial charge < -0.3 is 10.2 Å². The number of rotatable bonds is 4. The summed E-state index contributed by atoms with van der Waals surface area (Å²) in [5.74, 6) is 0.846. The molecule has 3 rings (SSSR count). The first kappa shape index (κ1) is 15.7. The van der Waals surface area contributed by atoms with Crippen LogP contribution in [0.1, 0.15) is 24.1 Å². The molecule has 122 valence electrons. The van der Waals surface area contributed by atoms with Gasteiger partial charge in [0.15, 0.2) is 5.13 Å². The Morgan fingerprint density at radius 2 is 2.13 bits per heavy atom. The highest BCUT2D eigenvalue weighted by Crippen LogP contribution is 2.26. The summed E-state index contributed by atoms with van der Waals surface area (Å²) in [7, 11) is 0. The van der Waals surface area contributed by atoms with Crippen molar-refractivity contribution in [1.82, 2.24) is 9.97 Å². The van der Waals surface area contributed by atoms with E-state index >= 15 is 0 Å². The topological polar surface area (TPSA) is 84.2 Å². The number of aryl methyl sites for hydroxylation is 2. The van der Waals surface area contributed by atoms with E-state index in [2.05, 4.69) is 20.2 Å². The Labute approximate surface area is 138 Å². The molecule has 0 saturated carbocycles. The molecule has 7 nitrogen and oxygen atoms in total. The van der Waals surface area contributed by atoms with Crippen LogP contribution >= 0.6 is 11.3 Å². The second kappa shape index (κ2) is 6.49. The van der Waals surface area contributed by atoms with Crippen LogP contribution in [0.3, 0.4) is 0 Å². The standard InChI is InChI=1S/C15H19N5O2S/c1-10-7-13(20(21)22)8-16-14(10)19-5-3-12(4-6-19)18-15-17-11(2)9-23-15/h7-9,12H,3-6H2,1-2H3,(H,17,18). The van der Waals surface area contributed by atoms with Crippen molar-refractivity contribution in [2.24, 2.45) is 0 Å². The van der Waals surface area contributed by atoms with Crippen LogP contribution in [-0.2, 0) is 0 Å². The van der Waals surface area contributed by atoms with Gasteiger partial charge in [-0.25, -0.2) is 9.97 Å². The molecule has 2 aromatic rings. The minimum atomic E-state index is -0.407. The third-order valence-corrected chi connectivity index (χ3v) is 4.88. The third-order valence-electron chi connectivity index (χ3n) is 3.99. The molecule has 2 aromatic heterocycles. The van der Waals surface area contributed by atoms with Crippen LogP contribution < -0.4 is 10.2 Å². The van der Waals surface area contributed by atoms with E-state index in [-0.39, 0.29) is 5.69 Å². The fraction of sp³-hybridized carbons (Fsp3) is 0.467. The van der Waals surface area contributed by atoms with Gasteiger partial charge in [0.05, 0.1) is 10.6 Å². The van der Waals surface area contributed by atoms with Crippen molar-refractivity contribution in [2.45, 2.75) is 32.7 Å². The average molecular weight is 333 g/mol. The molecular formula is C15H19N5O2S. The SMILES string of the molecule is Cc1csc(NC2CCN(c3ncc([N+](=O)[O-])cc3C)CC2)n1. The van der Waals surface area contributed by atoms with Gasteiger partial charge in [0.25, 0.3) is 5.69 Å². The zero-order valence-corrected chi connectivity index (χ0v) is 14.0. The van der Waals surface area contributed by atoms with Gasteiger partial charge in [-0.3, -0.25) is 10.1 Å². The molecular weight excluding hydrogens is 314 g/mol. The fourth-order valence-electron chi connectivity index (χ4n) is 2.81. The molecule has 0 bridgehead atoms. The normalized spacial score (nSPS) is 15.7. The van der Waals surface area contributed by atoms with Crippen molar-refractivity contribution in [1.29, 1.82) is 0 Å². The van der Waals surface area contributed by atoms with Gasteiger partial charge in [-0.2, -0.15) is 0 Å². The van der Waals surface area contributed by atoms with E-state index < -0.39 is 4.92 Å². The lowest BCUT2D eigenvalue weighted by molar-refractivity contribution is -0.385. The zero-order valence-electron chi connectivity index (χ0n) is 13.2. The van der Waals surface area contributed by atoms with Gasteiger partial charge in [0.2, 0.25) is 0 Å². The molecule has 8 heteroatoms. The molecule has 3 heterocycles. The molecule has 23 heavy (non-hydrogen) atoms. The number of pyridine rings is 1. The van der Waals surface area contributed by atoms with Crippen LogP contribution in [0.5, 0.6) is 0 Å². The van der Waals surface area contributed by atoms with Crippen LogP contribution in [0.15, 0.2) is 17.6 Å². The van der Waals surface area contributed by atoms with Crippen molar-refractivity contribution in [3.8, 4) is 0 Å². The first-order valence-electron chi connectivity index (χ1n) is 7.57. The van der Waals surface area contributed by atoms with E-state index in [0.29, 0.717) is 6.04 Å². The number of hydrogen-bond acceptors (Lipinski definition) is 7. The summed E-state index contributed by atoms with van der Waals surface area (Å²) in [5, 5.41) is 17.3. The van der Waals surface area contributed by atoms with Crippen LogP contribution in [0.25, 0.3) is 0 Å². The molecule has 0 amide bonds. The highest BCUT2D eigenvalue weighted by atomic mass is 32.1. The monoisotopic (exact) mass is 333 g/mol. The minimum Gasteiger partial charge on any atom is -0.359 e. The van der Waals surface area contributed by atoms with E-state index in [0.717, 1.165) is 48.1 Å². The number of anilines is 2. The second-order valence-corrected chi connectivity index (χ2v) is 6.65. The molecule has 0 radical (unpaired) electrons. The number of nitrogens with zero attached hydrogens (tertiary/aromatic N) is 4. The molecule has 1 saturated heterocycles. The predicted octanol–water partition coefficient (Wildman–Crippen LogP) is 3.14. The quantitative estimate of drug-likeness (QED) is 0.683. The Hall–Kier alpha value is -2.22. The van der Waals surface area contributed by atoms with Crippen molar-refractivity contribution < 1.29 is 4.92 Å². The van der Waals surface area contributed by atoms with Gasteiger partial charge in [0.1, 0.15) is 12.0 Å². The minimum absolute atomic E-state index is 0.0435. The van der Waals surface area contributed by atoms with Crippen molar-refractivity contribution >= 4 is 28.0 Å². The van der Waals surface area contributed by atoms with Gasteiger partial charge >= 0.3 is 0 Å². The van der Waals surface area contributed by atoms with E-state index in [1.807, 2.05) is 19.2 Å². The van der Waals surface area contributed by atoms with Crippen LogP contribution in [0.2, 0.25) is 0 Å².